The van der Waals surface area contributed by atoms with Gasteiger partial charge >= 0.3 is 0 Å². The quantitative estimate of drug-likeness (QED) is 0.902. The smallest absolute Gasteiger partial charge is 0.125 e. The molecule has 0 saturated carbocycles. The maximum Gasteiger partial charge on any atom is 0.125 e. The Hall–Kier alpha value is -1.74. The topological polar surface area (TPSA) is 48.4 Å². The highest BCUT2D eigenvalue weighted by atomic mass is 16.5. The molecule has 0 amide bonds. The first-order chi connectivity index (χ1) is 8.52. The average Bonchev–Trinajstić information content (AvgIpc) is 2.74. The number of hydrogen-bond acceptors (Lipinski definition) is 3. The minimum absolute atomic E-state index is 0.297. The molecule has 3 heteroatoms. The maximum absolute atomic E-state index is 6.28. The Bertz CT molecular complexity index is 558. The molecule has 2 aromatic rings. The van der Waals surface area contributed by atoms with Gasteiger partial charge in [-0.2, -0.15) is 0 Å². The summed E-state index contributed by atoms with van der Waals surface area (Å²) in [6.45, 7) is 6.00. The summed E-state index contributed by atoms with van der Waals surface area (Å²) in [5, 5.41) is 0. The van der Waals surface area contributed by atoms with E-state index in [1.807, 2.05) is 39.0 Å². The zero-order valence-electron chi connectivity index (χ0n) is 11.3. The van der Waals surface area contributed by atoms with Gasteiger partial charge in [-0.1, -0.05) is 6.07 Å². The first kappa shape index (κ1) is 12.7. The number of hydrogen-bond donors (Lipinski definition) is 1. The van der Waals surface area contributed by atoms with Crippen molar-refractivity contribution in [3.05, 3.63) is 52.5 Å². The first-order valence-corrected chi connectivity index (χ1v) is 6.00. The van der Waals surface area contributed by atoms with E-state index in [1.54, 1.807) is 7.11 Å². The molecule has 96 valence electrons. The zero-order valence-corrected chi connectivity index (χ0v) is 11.3. The lowest BCUT2D eigenvalue weighted by Gasteiger charge is -2.17. The van der Waals surface area contributed by atoms with E-state index in [4.69, 9.17) is 14.9 Å². The Morgan fingerprint density at radius 3 is 2.44 bits per heavy atom. The monoisotopic (exact) mass is 245 g/mol. The number of furan rings is 1. The summed E-state index contributed by atoms with van der Waals surface area (Å²) >= 11 is 0. The van der Waals surface area contributed by atoms with Gasteiger partial charge < -0.3 is 14.9 Å². The van der Waals surface area contributed by atoms with E-state index in [0.717, 1.165) is 34.0 Å². The molecule has 1 unspecified atom stereocenters. The van der Waals surface area contributed by atoms with Crippen LogP contribution in [0.4, 0.5) is 0 Å². The number of benzene rings is 1. The van der Waals surface area contributed by atoms with Crippen molar-refractivity contribution in [2.24, 2.45) is 5.73 Å². The van der Waals surface area contributed by atoms with Gasteiger partial charge in [-0.25, -0.2) is 0 Å². The molecule has 0 fully saturated rings. The van der Waals surface area contributed by atoms with Crippen molar-refractivity contribution in [3.63, 3.8) is 0 Å². The van der Waals surface area contributed by atoms with E-state index in [9.17, 15) is 0 Å². The van der Waals surface area contributed by atoms with Crippen molar-refractivity contribution in [3.8, 4) is 5.75 Å². The summed E-state index contributed by atoms with van der Waals surface area (Å²) < 4.78 is 11.0. The summed E-state index contributed by atoms with van der Waals surface area (Å²) in [5.41, 5.74) is 9.55. The third-order valence-electron chi connectivity index (χ3n) is 3.09. The molecule has 0 bridgehead atoms. The van der Waals surface area contributed by atoms with Crippen LogP contribution < -0.4 is 10.5 Å². The van der Waals surface area contributed by atoms with E-state index in [1.165, 1.54) is 0 Å². The van der Waals surface area contributed by atoms with Crippen molar-refractivity contribution < 1.29 is 9.15 Å². The van der Waals surface area contributed by atoms with Gasteiger partial charge in [0.05, 0.1) is 13.2 Å². The third-order valence-corrected chi connectivity index (χ3v) is 3.09. The molecule has 1 aromatic carbocycles. The van der Waals surface area contributed by atoms with Crippen molar-refractivity contribution in [2.75, 3.05) is 7.11 Å². The van der Waals surface area contributed by atoms with Gasteiger partial charge in [0, 0.05) is 5.56 Å². The van der Waals surface area contributed by atoms with Crippen LogP contribution in [-0.2, 0) is 0 Å². The van der Waals surface area contributed by atoms with E-state index >= 15 is 0 Å². The third kappa shape index (κ3) is 2.27. The highest BCUT2D eigenvalue weighted by Crippen LogP contribution is 2.32. The molecule has 0 saturated heterocycles. The summed E-state index contributed by atoms with van der Waals surface area (Å²) in [4.78, 5) is 0. The predicted octanol–water partition coefficient (Wildman–Crippen LogP) is 3.26. The molecule has 0 radical (unpaired) electrons. The average molecular weight is 245 g/mol. The Labute approximate surface area is 108 Å². The van der Waals surface area contributed by atoms with Gasteiger partial charge in [0.15, 0.2) is 0 Å². The van der Waals surface area contributed by atoms with Crippen LogP contribution in [0.15, 0.2) is 28.7 Å². The lowest BCUT2D eigenvalue weighted by atomic mass is 9.97. The Balaban J connectivity index is 2.50. The van der Waals surface area contributed by atoms with Gasteiger partial charge in [-0.15, -0.1) is 0 Å². The second kappa shape index (κ2) is 4.86. The van der Waals surface area contributed by atoms with Gasteiger partial charge in [0.2, 0.25) is 0 Å². The minimum Gasteiger partial charge on any atom is -0.496 e. The number of nitrogens with two attached hydrogens (primary N) is 1. The van der Waals surface area contributed by atoms with Crippen LogP contribution in [0.2, 0.25) is 0 Å². The molecule has 1 heterocycles. The molecule has 3 nitrogen and oxygen atoms in total. The summed E-state index contributed by atoms with van der Waals surface area (Å²) in [6, 6.07) is 7.64. The SMILES string of the molecule is COc1cc(C)cc(C)c1C(N)c1ccc(C)o1. The molecule has 1 aromatic heterocycles. The highest BCUT2D eigenvalue weighted by Gasteiger charge is 2.19. The molecular weight excluding hydrogens is 226 g/mol. The fraction of sp³-hybridized carbons (Fsp3) is 0.333. The number of methoxy groups -OCH3 is 1. The molecule has 0 aliphatic carbocycles. The molecule has 2 N–H and O–H groups in total. The van der Waals surface area contributed by atoms with Crippen LogP contribution in [-0.4, -0.2) is 7.11 Å². The zero-order chi connectivity index (χ0) is 13.3. The highest BCUT2D eigenvalue weighted by molar-refractivity contribution is 5.47. The fourth-order valence-electron chi connectivity index (χ4n) is 2.27. The van der Waals surface area contributed by atoms with Crippen molar-refractivity contribution in [1.82, 2.24) is 0 Å². The molecule has 1 atom stereocenters. The molecule has 0 spiro atoms. The number of ether oxygens (including phenoxy) is 1. The van der Waals surface area contributed by atoms with Gasteiger partial charge in [-0.05, 0) is 50.1 Å². The van der Waals surface area contributed by atoms with E-state index in [-0.39, 0.29) is 6.04 Å². The summed E-state index contributed by atoms with van der Waals surface area (Å²) in [5.74, 6) is 2.44. The van der Waals surface area contributed by atoms with Crippen LogP contribution in [0, 0.1) is 20.8 Å². The largest absolute Gasteiger partial charge is 0.496 e. The van der Waals surface area contributed by atoms with Gasteiger partial charge in [0.1, 0.15) is 17.3 Å². The molecule has 2 rings (SSSR count). The lowest BCUT2D eigenvalue weighted by Crippen LogP contribution is -2.14. The Kier molecular flexibility index (Phi) is 3.43. The van der Waals surface area contributed by atoms with Crippen molar-refractivity contribution >= 4 is 0 Å². The maximum atomic E-state index is 6.28. The normalized spacial score (nSPS) is 12.5. The Morgan fingerprint density at radius 1 is 1.17 bits per heavy atom. The second-order valence-corrected chi connectivity index (χ2v) is 4.62. The van der Waals surface area contributed by atoms with Gasteiger partial charge in [0.25, 0.3) is 0 Å². The van der Waals surface area contributed by atoms with Crippen molar-refractivity contribution in [1.29, 1.82) is 0 Å². The predicted molar refractivity (Wildman–Crippen MR) is 71.9 cm³/mol. The molecule has 0 aliphatic rings. The van der Waals surface area contributed by atoms with E-state index in [0.29, 0.717) is 0 Å². The molecule has 18 heavy (non-hydrogen) atoms. The van der Waals surface area contributed by atoms with Crippen LogP contribution in [0.1, 0.15) is 34.3 Å². The number of rotatable bonds is 3. The van der Waals surface area contributed by atoms with Crippen LogP contribution >= 0.6 is 0 Å². The van der Waals surface area contributed by atoms with Crippen LogP contribution in [0.3, 0.4) is 0 Å². The number of aryl methyl sites for hydroxylation is 3. The second-order valence-electron chi connectivity index (χ2n) is 4.62. The van der Waals surface area contributed by atoms with E-state index in [2.05, 4.69) is 6.07 Å². The van der Waals surface area contributed by atoms with Crippen LogP contribution in [0.25, 0.3) is 0 Å². The van der Waals surface area contributed by atoms with Crippen molar-refractivity contribution in [2.45, 2.75) is 26.8 Å². The van der Waals surface area contributed by atoms with E-state index < -0.39 is 0 Å². The van der Waals surface area contributed by atoms with Crippen LogP contribution in [0.5, 0.6) is 5.75 Å². The Morgan fingerprint density at radius 2 is 1.89 bits per heavy atom. The summed E-state index contributed by atoms with van der Waals surface area (Å²) in [7, 11) is 1.66. The molecular formula is C15H19NO2. The minimum atomic E-state index is -0.297. The molecule has 0 aliphatic heterocycles. The van der Waals surface area contributed by atoms with Gasteiger partial charge in [-0.3, -0.25) is 0 Å². The summed E-state index contributed by atoms with van der Waals surface area (Å²) in [6.07, 6.45) is 0. The fourth-order valence-corrected chi connectivity index (χ4v) is 2.27. The lowest BCUT2D eigenvalue weighted by molar-refractivity contribution is 0.400. The standard InChI is InChI=1S/C15H19NO2/c1-9-7-10(2)14(13(8-9)17-4)15(16)12-6-5-11(3)18-12/h5-8,15H,16H2,1-4H3. The first-order valence-electron chi connectivity index (χ1n) is 6.00.